The number of hydrogen-bond donors (Lipinski definition) is 1. The number of carboxylic acid groups (broad SMARTS) is 1. The maximum Gasteiger partial charge on any atom is 0.307 e. The minimum Gasteiger partial charge on any atom is -0.481 e. The van der Waals surface area contributed by atoms with Gasteiger partial charge in [0.05, 0.1) is 11.3 Å². The zero-order valence-electron chi connectivity index (χ0n) is 7.22. The summed E-state index contributed by atoms with van der Waals surface area (Å²) in [5.74, 6) is -4.57. The maximum atomic E-state index is 13.0. The van der Waals surface area contributed by atoms with Gasteiger partial charge in [0.1, 0.15) is 0 Å². The Morgan fingerprint density at radius 2 is 2.00 bits per heavy atom. The smallest absolute Gasteiger partial charge is 0.307 e. The predicted molar refractivity (Wildman–Crippen MR) is 41.6 cm³/mol. The molecule has 4 heteroatoms. The molecule has 0 heterocycles. The van der Waals surface area contributed by atoms with Gasteiger partial charge in [-0.1, -0.05) is 12.8 Å². The Morgan fingerprint density at radius 1 is 1.38 bits per heavy atom. The summed E-state index contributed by atoms with van der Waals surface area (Å²) >= 11 is 0. The van der Waals surface area contributed by atoms with Crippen LogP contribution in [0.25, 0.3) is 0 Å². The van der Waals surface area contributed by atoms with Gasteiger partial charge in [-0.25, -0.2) is 8.78 Å². The predicted octanol–water partition coefficient (Wildman–Crippen LogP) is 2.29. The van der Waals surface area contributed by atoms with Crippen LogP contribution in [0.4, 0.5) is 8.78 Å². The molecule has 0 aliphatic heterocycles. The molecule has 1 N–H and O–H groups in total. The van der Waals surface area contributed by atoms with Gasteiger partial charge in [-0.15, -0.1) is 0 Å². The molecule has 13 heavy (non-hydrogen) atoms. The first-order valence-corrected chi connectivity index (χ1v) is 4.60. The molecule has 2 aliphatic carbocycles. The molecule has 0 saturated heterocycles. The van der Waals surface area contributed by atoms with Crippen LogP contribution in [0.5, 0.6) is 0 Å². The second-order valence-electron chi connectivity index (χ2n) is 4.17. The van der Waals surface area contributed by atoms with Gasteiger partial charge < -0.3 is 5.11 Å². The molecule has 2 rings (SSSR count). The van der Waals surface area contributed by atoms with Gasteiger partial charge in [0.15, 0.2) is 0 Å². The molecule has 0 aromatic heterocycles. The van der Waals surface area contributed by atoms with Gasteiger partial charge in [0.2, 0.25) is 0 Å². The lowest BCUT2D eigenvalue weighted by molar-refractivity contribution is -0.148. The van der Waals surface area contributed by atoms with Crippen molar-refractivity contribution < 1.29 is 18.7 Å². The highest BCUT2D eigenvalue weighted by atomic mass is 19.3. The fourth-order valence-electron chi connectivity index (χ4n) is 2.60. The van der Waals surface area contributed by atoms with E-state index in [4.69, 9.17) is 5.11 Å². The molecule has 0 aromatic rings. The second kappa shape index (κ2) is 2.42. The highest BCUT2D eigenvalue weighted by Crippen LogP contribution is 2.69. The average Bonchev–Trinajstić information content (AvgIpc) is 2.53. The fraction of sp³-hybridized carbons (Fsp3) is 0.889. The molecule has 2 atom stereocenters. The van der Waals surface area contributed by atoms with Crippen LogP contribution in [0, 0.1) is 11.3 Å². The highest BCUT2D eigenvalue weighted by Gasteiger charge is 2.75. The van der Waals surface area contributed by atoms with E-state index in [1.54, 1.807) is 0 Å². The van der Waals surface area contributed by atoms with Crippen molar-refractivity contribution in [1.29, 1.82) is 0 Å². The summed E-state index contributed by atoms with van der Waals surface area (Å²) in [6.07, 6.45) is 2.12. The number of carbonyl (C=O) groups is 1. The second-order valence-corrected chi connectivity index (χ2v) is 4.17. The Bertz CT molecular complexity index is 252. The topological polar surface area (TPSA) is 37.3 Å². The summed E-state index contributed by atoms with van der Waals surface area (Å²) in [7, 11) is 0. The van der Waals surface area contributed by atoms with Gasteiger partial charge in [0.25, 0.3) is 5.92 Å². The Labute approximate surface area is 74.9 Å². The zero-order valence-corrected chi connectivity index (χ0v) is 7.22. The fourth-order valence-corrected chi connectivity index (χ4v) is 2.60. The van der Waals surface area contributed by atoms with E-state index in [2.05, 4.69) is 0 Å². The summed E-state index contributed by atoms with van der Waals surface area (Å²) in [6.45, 7) is 0. The Kier molecular flexibility index (Phi) is 1.66. The Morgan fingerprint density at radius 3 is 2.38 bits per heavy atom. The summed E-state index contributed by atoms with van der Waals surface area (Å²) in [6, 6.07) is 0. The quantitative estimate of drug-likeness (QED) is 0.688. The third kappa shape index (κ3) is 1.07. The number of halogens is 2. The van der Waals surface area contributed by atoms with E-state index in [-0.39, 0.29) is 6.42 Å². The molecular formula is C9H12F2O2. The monoisotopic (exact) mass is 190 g/mol. The summed E-state index contributed by atoms with van der Waals surface area (Å²) in [4.78, 5) is 10.8. The van der Waals surface area contributed by atoms with E-state index in [9.17, 15) is 13.6 Å². The number of rotatable bonds is 1. The van der Waals surface area contributed by atoms with E-state index in [1.807, 2.05) is 0 Å². The Hall–Kier alpha value is -0.670. The van der Waals surface area contributed by atoms with Crippen molar-refractivity contribution >= 4 is 5.97 Å². The third-order valence-corrected chi connectivity index (χ3v) is 3.47. The van der Waals surface area contributed by atoms with E-state index >= 15 is 0 Å². The largest absolute Gasteiger partial charge is 0.481 e. The van der Waals surface area contributed by atoms with Crippen molar-refractivity contribution in [2.45, 2.75) is 38.0 Å². The first-order chi connectivity index (χ1) is 6.00. The summed E-state index contributed by atoms with van der Waals surface area (Å²) in [5.41, 5.74) is -1.17. The first-order valence-electron chi connectivity index (χ1n) is 4.60. The summed E-state index contributed by atoms with van der Waals surface area (Å²) in [5, 5.41) is 8.81. The summed E-state index contributed by atoms with van der Waals surface area (Å²) < 4.78 is 26.0. The normalized spacial score (nSPS) is 41.8. The van der Waals surface area contributed by atoms with Gasteiger partial charge in [0, 0.05) is 6.42 Å². The molecule has 2 fully saturated rings. The third-order valence-electron chi connectivity index (χ3n) is 3.47. The highest BCUT2D eigenvalue weighted by molar-refractivity contribution is 5.72. The molecule has 1 spiro atoms. The van der Waals surface area contributed by atoms with Crippen LogP contribution < -0.4 is 0 Å². The van der Waals surface area contributed by atoms with Crippen molar-refractivity contribution in [1.82, 2.24) is 0 Å². The van der Waals surface area contributed by atoms with Crippen LogP contribution >= 0.6 is 0 Å². The van der Waals surface area contributed by atoms with E-state index in [0.29, 0.717) is 12.8 Å². The molecule has 2 nitrogen and oxygen atoms in total. The minimum atomic E-state index is -2.71. The average molecular weight is 190 g/mol. The molecule has 2 saturated carbocycles. The lowest BCUT2D eigenvalue weighted by atomic mass is 9.76. The standard InChI is InChI=1S/C9H12F2O2/c10-9(11)5-8(9)4-2-1-3-6(8)7(12)13/h6H,1-5H2,(H,12,13). The van der Waals surface area contributed by atoms with Crippen LogP contribution in [0.3, 0.4) is 0 Å². The Balaban J connectivity index is 2.21. The van der Waals surface area contributed by atoms with Gasteiger partial charge in [-0.3, -0.25) is 4.79 Å². The van der Waals surface area contributed by atoms with Crippen LogP contribution in [0.15, 0.2) is 0 Å². The van der Waals surface area contributed by atoms with E-state index < -0.39 is 23.2 Å². The first kappa shape index (κ1) is 8.91. The minimum absolute atomic E-state index is 0.211. The number of hydrogen-bond acceptors (Lipinski definition) is 1. The van der Waals surface area contributed by atoms with Crippen LogP contribution in [0.2, 0.25) is 0 Å². The van der Waals surface area contributed by atoms with Crippen molar-refractivity contribution in [2.75, 3.05) is 0 Å². The lowest BCUT2D eigenvalue weighted by Gasteiger charge is -2.28. The van der Waals surface area contributed by atoms with Crippen molar-refractivity contribution in [3.05, 3.63) is 0 Å². The van der Waals surface area contributed by atoms with Gasteiger partial charge in [-0.2, -0.15) is 0 Å². The van der Waals surface area contributed by atoms with E-state index in [1.165, 1.54) is 0 Å². The molecule has 0 bridgehead atoms. The SMILES string of the molecule is O=C(O)C1CCCCC12CC2(F)F. The van der Waals surface area contributed by atoms with Crippen molar-refractivity contribution in [3.8, 4) is 0 Å². The maximum absolute atomic E-state index is 13.0. The van der Waals surface area contributed by atoms with Crippen LogP contribution in [-0.4, -0.2) is 17.0 Å². The molecule has 74 valence electrons. The molecule has 0 aromatic carbocycles. The van der Waals surface area contributed by atoms with Crippen LogP contribution in [-0.2, 0) is 4.79 Å². The molecule has 0 amide bonds. The zero-order chi connectivity index (χ0) is 9.69. The van der Waals surface area contributed by atoms with Crippen LogP contribution in [0.1, 0.15) is 32.1 Å². The van der Waals surface area contributed by atoms with Gasteiger partial charge >= 0.3 is 5.97 Å². The molecular weight excluding hydrogens is 178 g/mol. The lowest BCUT2D eigenvalue weighted by Crippen LogP contribution is -2.32. The van der Waals surface area contributed by atoms with Crippen molar-refractivity contribution in [3.63, 3.8) is 0 Å². The number of aliphatic carboxylic acids is 1. The molecule has 0 radical (unpaired) electrons. The molecule has 2 aliphatic rings. The van der Waals surface area contributed by atoms with Gasteiger partial charge in [-0.05, 0) is 12.8 Å². The van der Waals surface area contributed by atoms with E-state index in [0.717, 1.165) is 12.8 Å². The number of alkyl halides is 2. The number of carboxylic acids is 1. The van der Waals surface area contributed by atoms with Crippen molar-refractivity contribution in [2.24, 2.45) is 11.3 Å². The molecule has 2 unspecified atom stereocenters.